The fourth-order valence-electron chi connectivity index (χ4n) is 1.35. The van der Waals surface area contributed by atoms with E-state index in [1.54, 1.807) is 17.8 Å². The van der Waals surface area contributed by atoms with Crippen LogP contribution >= 0.6 is 0 Å². The van der Waals surface area contributed by atoms with E-state index in [0.717, 1.165) is 11.3 Å². The van der Waals surface area contributed by atoms with E-state index in [2.05, 4.69) is 10.3 Å². The standard InChI is InChI=1S/C11H11N3O/c1-9(13-15)10-4-2-5-11(8-10)14-7-3-6-12-14/h2-8,15H,1H3/b13-9+. The molecule has 76 valence electrons. The van der Waals surface area contributed by atoms with E-state index in [0.29, 0.717) is 5.71 Å². The Morgan fingerprint density at radius 1 is 1.40 bits per heavy atom. The summed E-state index contributed by atoms with van der Waals surface area (Å²) in [6.07, 6.45) is 3.59. The number of oxime groups is 1. The lowest BCUT2D eigenvalue weighted by atomic mass is 10.1. The number of rotatable bonds is 2. The predicted octanol–water partition coefficient (Wildman–Crippen LogP) is 2.07. The minimum Gasteiger partial charge on any atom is -0.411 e. The van der Waals surface area contributed by atoms with Crippen molar-refractivity contribution in [1.82, 2.24) is 9.78 Å². The molecule has 4 nitrogen and oxygen atoms in total. The van der Waals surface area contributed by atoms with Crippen LogP contribution in [0.4, 0.5) is 0 Å². The molecule has 0 bridgehead atoms. The first-order valence-electron chi connectivity index (χ1n) is 4.60. The molecule has 0 radical (unpaired) electrons. The first-order valence-corrected chi connectivity index (χ1v) is 4.60. The normalized spacial score (nSPS) is 11.7. The van der Waals surface area contributed by atoms with Crippen LogP contribution in [0.3, 0.4) is 0 Å². The maximum Gasteiger partial charge on any atom is 0.0837 e. The highest BCUT2D eigenvalue weighted by molar-refractivity contribution is 5.98. The molecule has 0 aliphatic heterocycles. The number of hydrogen-bond acceptors (Lipinski definition) is 3. The Morgan fingerprint density at radius 3 is 2.93 bits per heavy atom. The summed E-state index contributed by atoms with van der Waals surface area (Å²) in [5.41, 5.74) is 2.41. The third kappa shape index (κ3) is 1.88. The minimum absolute atomic E-state index is 0.587. The van der Waals surface area contributed by atoms with Gasteiger partial charge in [0, 0.05) is 18.0 Å². The highest BCUT2D eigenvalue weighted by Gasteiger charge is 2.00. The van der Waals surface area contributed by atoms with Gasteiger partial charge in [0.2, 0.25) is 0 Å². The molecular weight excluding hydrogens is 190 g/mol. The number of nitrogens with zero attached hydrogens (tertiary/aromatic N) is 3. The van der Waals surface area contributed by atoms with Crippen LogP contribution in [0.5, 0.6) is 0 Å². The summed E-state index contributed by atoms with van der Waals surface area (Å²) in [5.74, 6) is 0. The second kappa shape index (κ2) is 3.96. The minimum atomic E-state index is 0.587. The molecule has 15 heavy (non-hydrogen) atoms. The van der Waals surface area contributed by atoms with Gasteiger partial charge in [-0.1, -0.05) is 17.3 Å². The van der Waals surface area contributed by atoms with Crippen molar-refractivity contribution in [2.45, 2.75) is 6.92 Å². The van der Waals surface area contributed by atoms with E-state index in [9.17, 15) is 0 Å². The van der Waals surface area contributed by atoms with E-state index in [1.807, 2.05) is 36.5 Å². The van der Waals surface area contributed by atoms with Gasteiger partial charge in [-0.25, -0.2) is 4.68 Å². The van der Waals surface area contributed by atoms with Gasteiger partial charge < -0.3 is 5.21 Å². The van der Waals surface area contributed by atoms with Crippen molar-refractivity contribution in [1.29, 1.82) is 0 Å². The van der Waals surface area contributed by atoms with Crippen molar-refractivity contribution in [2.75, 3.05) is 0 Å². The Hall–Kier alpha value is -2.10. The van der Waals surface area contributed by atoms with Crippen LogP contribution in [0.15, 0.2) is 47.9 Å². The highest BCUT2D eigenvalue weighted by atomic mass is 16.4. The smallest absolute Gasteiger partial charge is 0.0837 e. The molecular formula is C11H11N3O. The van der Waals surface area contributed by atoms with E-state index < -0.39 is 0 Å². The van der Waals surface area contributed by atoms with Crippen molar-refractivity contribution in [3.05, 3.63) is 48.3 Å². The van der Waals surface area contributed by atoms with Gasteiger partial charge >= 0.3 is 0 Å². The predicted molar refractivity (Wildman–Crippen MR) is 57.6 cm³/mol. The molecule has 0 atom stereocenters. The zero-order valence-corrected chi connectivity index (χ0v) is 8.33. The van der Waals surface area contributed by atoms with Crippen LogP contribution in [-0.2, 0) is 0 Å². The molecule has 0 saturated carbocycles. The van der Waals surface area contributed by atoms with E-state index >= 15 is 0 Å². The van der Waals surface area contributed by atoms with Gasteiger partial charge in [0.1, 0.15) is 0 Å². The molecule has 4 heteroatoms. The van der Waals surface area contributed by atoms with E-state index in [-0.39, 0.29) is 0 Å². The maximum absolute atomic E-state index is 8.68. The first kappa shape index (κ1) is 9.45. The lowest BCUT2D eigenvalue weighted by Crippen LogP contribution is -1.99. The molecule has 2 rings (SSSR count). The van der Waals surface area contributed by atoms with Gasteiger partial charge in [0.25, 0.3) is 0 Å². The molecule has 0 amide bonds. The Labute approximate surface area is 87.5 Å². The lowest BCUT2D eigenvalue weighted by Gasteiger charge is -2.03. The van der Waals surface area contributed by atoms with Crippen molar-refractivity contribution in [3.8, 4) is 5.69 Å². The Morgan fingerprint density at radius 2 is 2.27 bits per heavy atom. The van der Waals surface area contributed by atoms with Crippen LogP contribution in [-0.4, -0.2) is 20.7 Å². The van der Waals surface area contributed by atoms with Crippen LogP contribution < -0.4 is 0 Å². The molecule has 0 fully saturated rings. The van der Waals surface area contributed by atoms with Crippen molar-refractivity contribution in [2.24, 2.45) is 5.16 Å². The Balaban J connectivity index is 2.44. The molecule has 1 aromatic heterocycles. The molecule has 0 unspecified atom stereocenters. The number of benzene rings is 1. The lowest BCUT2D eigenvalue weighted by molar-refractivity contribution is 0.319. The second-order valence-corrected chi connectivity index (χ2v) is 3.19. The number of hydrogen-bond donors (Lipinski definition) is 1. The third-order valence-corrected chi connectivity index (χ3v) is 2.18. The fourth-order valence-corrected chi connectivity index (χ4v) is 1.35. The highest BCUT2D eigenvalue weighted by Crippen LogP contribution is 2.10. The molecule has 0 aliphatic rings. The van der Waals surface area contributed by atoms with Crippen LogP contribution in [0.1, 0.15) is 12.5 Å². The summed E-state index contributed by atoms with van der Waals surface area (Å²) < 4.78 is 1.76. The van der Waals surface area contributed by atoms with Gasteiger partial charge in [-0.05, 0) is 25.1 Å². The van der Waals surface area contributed by atoms with Gasteiger partial charge in [-0.3, -0.25) is 0 Å². The van der Waals surface area contributed by atoms with E-state index in [4.69, 9.17) is 5.21 Å². The molecule has 0 spiro atoms. The summed E-state index contributed by atoms with van der Waals surface area (Å²) in [6.45, 7) is 1.75. The van der Waals surface area contributed by atoms with Crippen LogP contribution in [0, 0.1) is 0 Å². The largest absolute Gasteiger partial charge is 0.411 e. The average Bonchev–Trinajstić information content (AvgIpc) is 2.82. The monoisotopic (exact) mass is 201 g/mol. The Kier molecular flexibility index (Phi) is 2.49. The first-order chi connectivity index (χ1) is 7.31. The molecule has 1 aromatic carbocycles. The molecule has 1 heterocycles. The van der Waals surface area contributed by atoms with Crippen molar-refractivity contribution in [3.63, 3.8) is 0 Å². The van der Waals surface area contributed by atoms with Gasteiger partial charge in [-0.2, -0.15) is 5.10 Å². The van der Waals surface area contributed by atoms with Gasteiger partial charge in [0.05, 0.1) is 11.4 Å². The molecule has 0 aliphatic carbocycles. The van der Waals surface area contributed by atoms with Crippen LogP contribution in [0.25, 0.3) is 5.69 Å². The average molecular weight is 201 g/mol. The zero-order valence-electron chi connectivity index (χ0n) is 8.33. The van der Waals surface area contributed by atoms with E-state index in [1.165, 1.54) is 0 Å². The molecule has 1 N–H and O–H groups in total. The second-order valence-electron chi connectivity index (χ2n) is 3.19. The van der Waals surface area contributed by atoms with Gasteiger partial charge in [0.15, 0.2) is 0 Å². The fraction of sp³-hybridized carbons (Fsp3) is 0.0909. The van der Waals surface area contributed by atoms with Crippen LogP contribution in [0.2, 0.25) is 0 Å². The molecule has 2 aromatic rings. The summed E-state index contributed by atoms with van der Waals surface area (Å²) in [6, 6.07) is 9.52. The SMILES string of the molecule is C/C(=N\O)c1cccc(-n2cccn2)c1. The van der Waals surface area contributed by atoms with Gasteiger partial charge in [-0.15, -0.1) is 0 Å². The van der Waals surface area contributed by atoms with Crippen molar-refractivity contribution >= 4 is 5.71 Å². The third-order valence-electron chi connectivity index (χ3n) is 2.18. The quantitative estimate of drug-likeness (QED) is 0.459. The zero-order chi connectivity index (χ0) is 10.7. The van der Waals surface area contributed by atoms with Crippen molar-refractivity contribution < 1.29 is 5.21 Å². The Bertz CT molecular complexity index is 474. The maximum atomic E-state index is 8.68. The summed E-state index contributed by atoms with van der Waals surface area (Å²) in [7, 11) is 0. The summed E-state index contributed by atoms with van der Waals surface area (Å²) in [4.78, 5) is 0. The topological polar surface area (TPSA) is 50.4 Å². The summed E-state index contributed by atoms with van der Waals surface area (Å²) in [5, 5.41) is 16.0. The molecule has 0 saturated heterocycles. The number of aromatic nitrogens is 2. The summed E-state index contributed by atoms with van der Waals surface area (Å²) >= 11 is 0.